The van der Waals surface area contributed by atoms with Gasteiger partial charge in [-0.1, -0.05) is 30.3 Å². The summed E-state index contributed by atoms with van der Waals surface area (Å²) in [5.41, 5.74) is 6.77. The average Bonchev–Trinajstić information content (AvgIpc) is 2.45. The number of hydrogen-bond acceptors (Lipinski definition) is 6. The van der Waals surface area contributed by atoms with Gasteiger partial charge in [-0.15, -0.1) is 0 Å². The quantitative estimate of drug-likeness (QED) is 0.457. The lowest BCUT2D eigenvalue weighted by Crippen LogP contribution is -2.60. The zero-order valence-electron chi connectivity index (χ0n) is 10.3. The summed E-state index contributed by atoms with van der Waals surface area (Å²) in [4.78, 5) is 0. The van der Waals surface area contributed by atoms with Crippen LogP contribution in [0.25, 0.3) is 0 Å². The lowest BCUT2D eigenvalue weighted by atomic mass is 9.89. The van der Waals surface area contributed by atoms with Crippen LogP contribution in [0.5, 0.6) is 0 Å². The smallest absolute Gasteiger partial charge is 0.111 e. The highest BCUT2D eigenvalue weighted by Crippen LogP contribution is 2.28. The topological polar surface area (TPSA) is 116 Å². The van der Waals surface area contributed by atoms with E-state index in [1.54, 1.807) is 24.3 Å². The standard InChI is InChI=1S/C13H19NO5/c14-9(7-4-2-1-3-5-7)13-12(18)11(17)10(16)8(6-15)19-13/h1-5,8-13,15-18H,6,14H2/t8-,9+,10-,11+,12-,13-/m1/s1. The monoisotopic (exact) mass is 269 g/mol. The van der Waals surface area contributed by atoms with E-state index in [2.05, 4.69) is 0 Å². The van der Waals surface area contributed by atoms with E-state index in [9.17, 15) is 15.3 Å². The zero-order chi connectivity index (χ0) is 14.0. The summed E-state index contributed by atoms with van der Waals surface area (Å²) in [5, 5.41) is 38.5. The summed E-state index contributed by atoms with van der Waals surface area (Å²) in [5.74, 6) is 0. The molecule has 1 saturated heterocycles. The van der Waals surface area contributed by atoms with Gasteiger partial charge in [0, 0.05) is 0 Å². The molecule has 0 bridgehead atoms. The van der Waals surface area contributed by atoms with E-state index in [4.69, 9.17) is 15.6 Å². The maximum Gasteiger partial charge on any atom is 0.111 e. The Labute approximate surface area is 111 Å². The first kappa shape index (κ1) is 14.4. The molecule has 0 radical (unpaired) electrons. The third kappa shape index (κ3) is 2.79. The van der Waals surface area contributed by atoms with Crippen LogP contribution in [0.2, 0.25) is 0 Å². The summed E-state index contributed by atoms with van der Waals surface area (Å²) < 4.78 is 5.41. The van der Waals surface area contributed by atoms with Gasteiger partial charge in [0.15, 0.2) is 0 Å². The SMILES string of the molecule is N[C@@H](c1ccccc1)[C@H]1O[C@H](CO)[C@@H](O)[C@H](O)[C@H]1O. The third-order valence-electron chi connectivity index (χ3n) is 3.47. The van der Waals surface area contributed by atoms with Crippen LogP contribution in [0.15, 0.2) is 30.3 Å². The molecule has 6 heteroatoms. The second-order valence-corrected chi connectivity index (χ2v) is 4.73. The highest BCUT2D eigenvalue weighted by Gasteiger charge is 2.45. The van der Waals surface area contributed by atoms with Gasteiger partial charge in [-0.05, 0) is 5.56 Å². The van der Waals surface area contributed by atoms with Crippen LogP contribution >= 0.6 is 0 Å². The minimum atomic E-state index is -1.40. The summed E-state index contributed by atoms with van der Waals surface area (Å²) >= 11 is 0. The number of ether oxygens (including phenoxy) is 1. The van der Waals surface area contributed by atoms with Gasteiger partial charge < -0.3 is 30.9 Å². The fraction of sp³-hybridized carbons (Fsp3) is 0.538. The van der Waals surface area contributed by atoms with Gasteiger partial charge in [0.25, 0.3) is 0 Å². The van der Waals surface area contributed by atoms with Crippen LogP contribution in [0, 0.1) is 0 Å². The highest BCUT2D eigenvalue weighted by molar-refractivity contribution is 5.20. The molecule has 0 aliphatic carbocycles. The maximum atomic E-state index is 9.96. The van der Waals surface area contributed by atoms with E-state index in [0.29, 0.717) is 0 Å². The number of benzene rings is 1. The molecule has 1 heterocycles. The summed E-state index contributed by atoms with van der Waals surface area (Å²) in [7, 11) is 0. The predicted octanol–water partition coefficient (Wildman–Crippen LogP) is -1.47. The van der Waals surface area contributed by atoms with Crippen molar-refractivity contribution in [3.63, 3.8) is 0 Å². The molecule has 1 aliphatic heterocycles. The van der Waals surface area contributed by atoms with E-state index in [0.717, 1.165) is 5.56 Å². The normalized spacial score (nSPS) is 37.0. The van der Waals surface area contributed by atoms with Crippen molar-refractivity contribution in [3.05, 3.63) is 35.9 Å². The fourth-order valence-electron chi connectivity index (χ4n) is 2.29. The van der Waals surface area contributed by atoms with Gasteiger partial charge in [0.2, 0.25) is 0 Å². The Morgan fingerprint density at radius 3 is 2.26 bits per heavy atom. The van der Waals surface area contributed by atoms with E-state index < -0.39 is 43.2 Å². The first-order chi connectivity index (χ1) is 9.06. The second kappa shape index (κ2) is 5.96. The molecule has 6 atom stereocenters. The Hall–Kier alpha value is -1.02. The minimum Gasteiger partial charge on any atom is -0.394 e. The molecule has 6 N–H and O–H groups in total. The van der Waals surface area contributed by atoms with Gasteiger partial charge in [0.1, 0.15) is 30.5 Å². The van der Waals surface area contributed by atoms with Gasteiger partial charge in [-0.3, -0.25) is 0 Å². The van der Waals surface area contributed by atoms with Gasteiger partial charge in [-0.25, -0.2) is 0 Å². The molecule has 1 aliphatic rings. The Bertz CT molecular complexity index is 399. The van der Waals surface area contributed by atoms with Gasteiger partial charge in [0.05, 0.1) is 12.6 Å². The van der Waals surface area contributed by atoms with E-state index in [1.165, 1.54) is 0 Å². The van der Waals surface area contributed by atoms with Crippen molar-refractivity contribution in [2.45, 2.75) is 36.6 Å². The average molecular weight is 269 g/mol. The number of hydrogen-bond donors (Lipinski definition) is 5. The molecule has 1 fully saturated rings. The van der Waals surface area contributed by atoms with E-state index in [-0.39, 0.29) is 0 Å². The molecular weight excluding hydrogens is 250 g/mol. The Balaban J connectivity index is 2.19. The molecular formula is C13H19NO5. The molecule has 0 aromatic heterocycles. The van der Waals surface area contributed by atoms with Crippen molar-refractivity contribution in [1.29, 1.82) is 0 Å². The number of nitrogens with two attached hydrogens (primary N) is 1. The Morgan fingerprint density at radius 2 is 1.68 bits per heavy atom. The van der Waals surface area contributed by atoms with Crippen LogP contribution in [0.3, 0.4) is 0 Å². The van der Waals surface area contributed by atoms with Crippen molar-refractivity contribution >= 4 is 0 Å². The third-order valence-corrected chi connectivity index (χ3v) is 3.47. The van der Waals surface area contributed by atoms with Crippen LogP contribution in [0.4, 0.5) is 0 Å². The van der Waals surface area contributed by atoms with E-state index >= 15 is 0 Å². The minimum absolute atomic E-state index is 0.455. The zero-order valence-corrected chi connectivity index (χ0v) is 10.3. The van der Waals surface area contributed by atoms with Crippen molar-refractivity contribution in [2.75, 3.05) is 6.61 Å². The maximum absolute atomic E-state index is 9.96. The molecule has 6 nitrogen and oxygen atoms in total. The van der Waals surface area contributed by atoms with Crippen molar-refractivity contribution in [2.24, 2.45) is 5.73 Å². The molecule has 106 valence electrons. The number of aliphatic hydroxyl groups excluding tert-OH is 4. The van der Waals surface area contributed by atoms with Crippen molar-refractivity contribution in [3.8, 4) is 0 Å². The lowest BCUT2D eigenvalue weighted by Gasteiger charge is -2.42. The summed E-state index contributed by atoms with van der Waals surface area (Å²) in [6, 6.07) is 8.35. The second-order valence-electron chi connectivity index (χ2n) is 4.73. The predicted molar refractivity (Wildman–Crippen MR) is 67.1 cm³/mol. The Kier molecular flexibility index (Phi) is 4.51. The molecule has 0 saturated carbocycles. The van der Waals surface area contributed by atoms with Gasteiger partial charge in [-0.2, -0.15) is 0 Å². The molecule has 1 aromatic carbocycles. The first-order valence-corrected chi connectivity index (χ1v) is 6.17. The van der Waals surface area contributed by atoms with E-state index in [1.807, 2.05) is 6.07 Å². The van der Waals surface area contributed by atoms with Gasteiger partial charge >= 0.3 is 0 Å². The summed E-state index contributed by atoms with van der Waals surface area (Å²) in [6.07, 6.45) is -5.89. The number of rotatable bonds is 3. The van der Waals surface area contributed by atoms with Crippen molar-refractivity contribution in [1.82, 2.24) is 0 Å². The lowest BCUT2D eigenvalue weighted by molar-refractivity contribution is -0.234. The number of aliphatic hydroxyl groups is 4. The molecule has 19 heavy (non-hydrogen) atoms. The van der Waals surface area contributed by atoms with Crippen LogP contribution in [0.1, 0.15) is 11.6 Å². The molecule has 0 spiro atoms. The van der Waals surface area contributed by atoms with Crippen molar-refractivity contribution < 1.29 is 25.2 Å². The summed E-state index contributed by atoms with van der Waals surface area (Å²) in [6.45, 7) is -0.455. The van der Waals surface area contributed by atoms with Crippen LogP contribution < -0.4 is 5.73 Å². The molecule has 0 unspecified atom stereocenters. The fourth-order valence-corrected chi connectivity index (χ4v) is 2.29. The molecule has 2 rings (SSSR count). The Morgan fingerprint density at radius 1 is 1.05 bits per heavy atom. The highest BCUT2D eigenvalue weighted by atomic mass is 16.5. The van der Waals surface area contributed by atoms with Crippen LogP contribution in [-0.4, -0.2) is 57.6 Å². The first-order valence-electron chi connectivity index (χ1n) is 6.17. The largest absolute Gasteiger partial charge is 0.394 e. The van der Waals surface area contributed by atoms with Crippen LogP contribution in [-0.2, 0) is 4.74 Å². The molecule has 0 amide bonds. The molecule has 1 aromatic rings.